The molecular weight excluding hydrogens is 318 g/mol. The number of para-hydroxylation sites is 1. The third-order valence-electron chi connectivity index (χ3n) is 4.29. The molecule has 0 unspecified atom stereocenters. The minimum atomic E-state index is -0.101. The molecule has 0 saturated heterocycles. The summed E-state index contributed by atoms with van der Waals surface area (Å²) in [6, 6.07) is 9.88. The maximum absolute atomic E-state index is 12.5. The van der Waals surface area contributed by atoms with Crippen molar-refractivity contribution < 1.29 is 14.3 Å². The first-order valence-electron chi connectivity index (χ1n) is 8.78. The topological polar surface area (TPSA) is 65.4 Å². The molecule has 0 fully saturated rings. The van der Waals surface area contributed by atoms with E-state index >= 15 is 0 Å². The molecule has 1 amide bonds. The SMILES string of the molecule is CCOCCn1nc(C)cc1C(=O)NC[C@@H]1COc2ccccc2C1. The number of rotatable bonds is 7. The lowest BCUT2D eigenvalue weighted by molar-refractivity contribution is 0.0921. The summed E-state index contributed by atoms with van der Waals surface area (Å²) in [4.78, 5) is 12.5. The number of ether oxygens (including phenoxy) is 2. The summed E-state index contributed by atoms with van der Waals surface area (Å²) in [5, 5.41) is 7.40. The molecule has 134 valence electrons. The highest BCUT2D eigenvalue weighted by molar-refractivity contribution is 5.92. The van der Waals surface area contributed by atoms with E-state index in [-0.39, 0.29) is 11.8 Å². The molecule has 1 N–H and O–H groups in total. The van der Waals surface area contributed by atoms with E-state index in [1.165, 1.54) is 5.56 Å². The van der Waals surface area contributed by atoms with E-state index in [9.17, 15) is 4.79 Å². The van der Waals surface area contributed by atoms with Crippen molar-refractivity contribution in [3.8, 4) is 5.75 Å². The number of aryl methyl sites for hydroxylation is 1. The highest BCUT2D eigenvalue weighted by atomic mass is 16.5. The fourth-order valence-electron chi connectivity index (χ4n) is 3.04. The Bertz CT molecular complexity index is 726. The van der Waals surface area contributed by atoms with E-state index in [2.05, 4.69) is 16.5 Å². The normalized spacial score (nSPS) is 16.2. The van der Waals surface area contributed by atoms with Crippen LogP contribution in [0.15, 0.2) is 30.3 Å². The van der Waals surface area contributed by atoms with Crippen LogP contribution in [0.5, 0.6) is 5.75 Å². The van der Waals surface area contributed by atoms with Crippen LogP contribution in [-0.4, -0.2) is 42.1 Å². The van der Waals surface area contributed by atoms with Crippen LogP contribution in [0.3, 0.4) is 0 Å². The Labute approximate surface area is 148 Å². The highest BCUT2D eigenvalue weighted by Gasteiger charge is 2.21. The van der Waals surface area contributed by atoms with Gasteiger partial charge in [0, 0.05) is 19.1 Å². The first kappa shape index (κ1) is 17.5. The van der Waals surface area contributed by atoms with Gasteiger partial charge in [0.05, 0.1) is 25.5 Å². The summed E-state index contributed by atoms with van der Waals surface area (Å²) >= 11 is 0. The average molecular weight is 343 g/mol. The Kier molecular flexibility index (Phi) is 5.71. The first-order valence-corrected chi connectivity index (χ1v) is 8.78. The van der Waals surface area contributed by atoms with Crippen LogP contribution < -0.4 is 10.1 Å². The van der Waals surface area contributed by atoms with Gasteiger partial charge in [-0.1, -0.05) is 18.2 Å². The second kappa shape index (κ2) is 8.16. The Hall–Kier alpha value is -2.34. The van der Waals surface area contributed by atoms with E-state index in [1.807, 2.05) is 38.1 Å². The van der Waals surface area contributed by atoms with Gasteiger partial charge >= 0.3 is 0 Å². The number of nitrogens with one attached hydrogen (secondary N) is 1. The summed E-state index contributed by atoms with van der Waals surface area (Å²) in [6.45, 7) is 6.83. The maximum Gasteiger partial charge on any atom is 0.269 e. The fraction of sp³-hybridized carbons (Fsp3) is 0.474. The number of benzene rings is 1. The molecule has 0 bridgehead atoms. The van der Waals surface area contributed by atoms with Crippen LogP contribution >= 0.6 is 0 Å². The van der Waals surface area contributed by atoms with Gasteiger partial charge in [0.15, 0.2) is 0 Å². The van der Waals surface area contributed by atoms with Gasteiger partial charge in [-0.2, -0.15) is 5.10 Å². The van der Waals surface area contributed by atoms with Crippen molar-refractivity contribution in [2.75, 3.05) is 26.4 Å². The lowest BCUT2D eigenvalue weighted by atomic mass is 9.97. The Balaban J connectivity index is 1.56. The minimum absolute atomic E-state index is 0.101. The molecule has 25 heavy (non-hydrogen) atoms. The molecule has 1 aliphatic rings. The lowest BCUT2D eigenvalue weighted by Gasteiger charge is -2.25. The number of nitrogens with zero attached hydrogens (tertiary/aromatic N) is 2. The summed E-state index contributed by atoms with van der Waals surface area (Å²) in [5.41, 5.74) is 2.61. The van der Waals surface area contributed by atoms with Crippen molar-refractivity contribution >= 4 is 5.91 Å². The molecule has 6 nitrogen and oxygen atoms in total. The van der Waals surface area contributed by atoms with Gasteiger partial charge in [-0.3, -0.25) is 9.48 Å². The number of hydrogen-bond acceptors (Lipinski definition) is 4. The van der Waals surface area contributed by atoms with Crippen molar-refractivity contribution in [2.45, 2.75) is 26.8 Å². The van der Waals surface area contributed by atoms with Gasteiger partial charge in [0.1, 0.15) is 11.4 Å². The Morgan fingerprint density at radius 3 is 3.12 bits per heavy atom. The zero-order valence-electron chi connectivity index (χ0n) is 14.8. The van der Waals surface area contributed by atoms with Gasteiger partial charge in [-0.15, -0.1) is 0 Å². The van der Waals surface area contributed by atoms with E-state index in [0.29, 0.717) is 38.6 Å². The predicted molar refractivity (Wildman–Crippen MR) is 94.9 cm³/mol. The molecule has 0 saturated carbocycles. The lowest BCUT2D eigenvalue weighted by Crippen LogP contribution is -2.35. The molecule has 0 spiro atoms. The number of hydrogen-bond donors (Lipinski definition) is 1. The summed E-state index contributed by atoms with van der Waals surface area (Å²) in [5.74, 6) is 1.13. The molecular formula is C19H25N3O3. The van der Waals surface area contributed by atoms with Gasteiger partial charge in [-0.05, 0) is 38.0 Å². The molecule has 3 rings (SSSR count). The summed E-state index contributed by atoms with van der Waals surface area (Å²) < 4.78 is 12.9. The van der Waals surface area contributed by atoms with Crippen molar-refractivity contribution in [3.05, 3.63) is 47.3 Å². The van der Waals surface area contributed by atoms with Crippen LogP contribution in [0.25, 0.3) is 0 Å². The van der Waals surface area contributed by atoms with Crippen molar-refractivity contribution in [1.29, 1.82) is 0 Å². The summed E-state index contributed by atoms with van der Waals surface area (Å²) in [6.07, 6.45) is 0.916. The van der Waals surface area contributed by atoms with Crippen LogP contribution in [0.4, 0.5) is 0 Å². The largest absolute Gasteiger partial charge is 0.493 e. The minimum Gasteiger partial charge on any atom is -0.493 e. The molecule has 0 radical (unpaired) electrons. The van der Waals surface area contributed by atoms with Crippen molar-refractivity contribution in [3.63, 3.8) is 0 Å². The van der Waals surface area contributed by atoms with E-state index in [1.54, 1.807) is 4.68 Å². The van der Waals surface area contributed by atoms with E-state index in [0.717, 1.165) is 17.9 Å². The summed E-state index contributed by atoms with van der Waals surface area (Å²) in [7, 11) is 0. The van der Waals surface area contributed by atoms with Crippen LogP contribution in [0.1, 0.15) is 28.7 Å². The first-order chi connectivity index (χ1) is 12.2. The molecule has 1 aromatic heterocycles. The molecule has 1 aromatic carbocycles. The standard InChI is InChI=1S/C19H25N3O3/c1-3-24-9-8-22-17(10-14(2)21-22)19(23)20-12-15-11-16-6-4-5-7-18(16)25-13-15/h4-7,10,15H,3,8-9,11-13H2,1-2H3,(H,20,23)/t15-/m1/s1. The second-order valence-corrected chi connectivity index (χ2v) is 6.29. The number of carbonyl (C=O) groups excluding carboxylic acids is 1. The van der Waals surface area contributed by atoms with Gasteiger partial charge < -0.3 is 14.8 Å². The van der Waals surface area contributed by atoms with E-state index in [4.69, 9.17) is 9.47 Å². The quantitative estimate of drug-likeness (QED) is 0.783. The number of aromatic nitrogens is 2. The molecule has 6 heteroatoms. The van der Waals surface area contributed by atoms with Crippen molar-refractivity contribution in [1.82, 2.24) is 15.1 Å². The van der Waals surface area contributed by atoms with Gasteiger partial charge in [0.25, 0.3) is 5.91 Å². The second-order valence-electron chi connectivity index (χ2n) is 6.29. The molecule has 1 aliphatic heterocycles. The number of fused-ring (bicyclic) bond motifs is 1. The third kappa shape index (κ3) is 4.39. The van der Waals surface area contributed by atoms with Crippen LogP contribution in [0, 0.1) is 12.8 Å². The highest BCUT2D eigenvalue weighted by Crippen LogP contribution is 2.26. The monoisotopic (exact) mass is 343 g/mol. The maximum atomic E-state index is 12.5. The molecule has 2 aromatic rings. The average Bonchev–Trinajstić information content (AvgIpc) is 3.00. The number of amides is 1. The Morgan fingerprint density at radius 1 is 1.44 bits per heavy atom. The van der Waals surface area contributed by atoms with Crippen molar-refractivity contribution in [2.24, 2.45) is 5.92 Å². The number of carbonyl (C=O) groups is 1. The third-order valence-corrected chi connectivity index (χ3v) is 4.29. The Morgan fingerprint density at radius 2 is 2.28 bits per heavy atom. The van der Waals surface area contributed by atoms with Gasteiger partial charge in [-0.25, -0.2) is 0 Å². The fourth-order valence-corrected chi connectivity index (χ4v) is 3.04. The smallest absolute Gasteiger partial charge is 0.269 e. The molecule has 2 heterocycles. The zero-order chi connectivity index (χ0) is 17.6. The van der Waals surface area contributed by atoms with Crippen LogP contribution in [0.2, 0.25) is 0 Å². The van der Waals surface area contributed by atoms with Crippen LogP contribution in [-0.2, 0) is 17.7 Å². The zero-order valence-corrected chi connectivity index (χ0v) is 14.8. The molecule has 0 aliphatic carbocycles. The predicted octanol–water partition coefficient (Wildman–Crippen LogP) is 2.21. The molecule has 1 atom stereocenters. The van der Waals surface area contributed by atoms with Gasteiger partial charge in [0.2, 0.25) is 0 Å². The van der Waals surface area contributed by atoms with E-state index < -0.39 is 0 Å².